The number of halogens is 1. The molecule has 0 radical (unpaired) electrons. The Morgan fingerprint density at radius 2 is 1.61 bits per heavy atom. The van der Waals surface area contributed by atoms with E-state index in [2.05, 4.69) is 24.3 Å². The van der Waals surface area contributed by atoms with Crippen molar-refractivity contribution in [1.29, 1.82) is 0 Å². The third-order valence-electron chi connectivity index (χ3n) is 2.29. The molecule has 0 amide bonds. The second-order valence-corrected chi connectivity index (χ2v) is 6.70. The highest BCUT2D eigenvalue weighted by molar-refractivity contribution is 5.71. The molecule has 0 aliphatic carbocycles. The second-order valence-electron chi connectivity index (χ2n) is 3.67. The van der Waals surface area contributed by atoms with E-state index in [0.29, 0.717) is 12.2 Å². The van der Waals surface area contributed by atoms with Crippen LogP contribution in [-0.2, 0) is 4.79 Å². The van der Waals surface area contributed by atoms with Crippen LogP contribution >= 0.6 is 0 Å². The van der Waals surface area contributed by atoms with Crippen molar-refractivity contribution in [1.82, 2.24) is 0 Å². The maximum Gasteiger partial charge on any atom is 0.357 e. The van der Waals surface area contributed by atoms with Gasteiger partial charge in [-0.25, -0.2) is 0 Å². The fourth-order valence-electron chi connectivity index (χ4n) is 1.37. The number of carbonyl (C=O) groups excluding carboxylic acids is 1. The van der Waals surface area contributed by atoms with Crippen LogP contribution in [0.15, 0.2) is 54.6 Å². The Morgan fingerprint density at radius 1 is 1.00 bits per heavy atom. The van der Waals surface area contributed by atoms with Crippen LogP contribution in [0.4, 0.5) is 0 Å². The molecular weight excluding hydrogens is 339 g/mol. The summed E-state index contributed by atoms with van der Waals surface area (Å²) in [5, 5.41) is 0. The highest BCUT2D eigenvalue weighted by Gasteiger charge is 2.14. The molecule has 2 rings (SSSR count). The minimum Gasteiger partial charge on any atom is -0.427 e. The molecule has 0 N–H and O–H groups in total. The predicted molar refractivity (Wildman–Crippen MR) is 66.2 cm³/mol. The number of hydrogen-bond donors (Lipinski definition) is 0. The molecule has 0 aliphatic rings. The van der Waals surface area contributed by atoms with Crippen LogP contribution in [-0.4, -0.2) is 5.97 Å². The largest absolute Gasteiger partial charge is 0.427 e. The molecule has 2 aromatic carbocycles. The van der Waals surface area contributed by atoms with Gasteiger partial charge in [0.15, 0.2) is 7.14 Å². The number of esters is 1. The van der Waals surface area contributed by atoms with Gasteiger partial charge < -0.3 is 4.74 Å². The maximum absolute atomic E-state index is 11.1. The summed E-state index contributed by atoms with van der Waals surface area (Å²) >= 11 is -0.149. The summed E-state index contributed by atoms with van der Waals surface area (Å²) in [7, 11) is 0. The van der Waals surface area contributed by atoms with E-state index in [0.717, 1.165) is 0 Å². The summed E-state index contributed by atoms with van der Waals surface area (Å²) in [4.78, 5) is 11.1. The molecule has 0 unspecified atom stereocenters. The molecule has 0 heterocycles. The smallest absolute Gasteiger partial charge is 0.357 e. The van der Waals surface area contributed by atoms with Crippen molar-refractivity contribution >= 4 is 5.97 Å². The van der Waals surface area contributed by atoms with Crippen molar-refractivity contribution in [2.75, 3.05) is 0 Å². The van der Waals surface area contributed by atoms with E-state index in [1.807, 2.05) is 30.3 Å². The Labute approximate surface area is 117 Å². The zero-order valence-electron chi connectivity index (χ0n) is 10.1. The van der Waals surface area contributed by atoms with Gasteiger partial charge in [-0.05, 0) is 36.4 Å². The minimum atomic E-state index is -0.194. The number of ether oxygens (including phenoxy) is 1. The minimum absolute atomic E-state index is 0.149. The van der Waals surface area contributed by atoms with Crippen molar-refractivity contribution in [2.45, 2.75) is 13.3 Å². The third kappa shape index (κ3) is 3.84. The molecule has 0 spiro atoms. The lowest BCUT2D eigenvalue weighted by molar-refractivity contribution is -0.597. The van der Waals surface area contributed by atoms with Gasteiger partial charge in [0.2, 0.25) is 0 Å². The summed E-state index contributed by atoms with van der Waals surface area (Å²) in [6, 6.07) is 18.3. The van der Waals surface area contributed by atoms with Crippen LogP contribution in [0.5, 0.6) is 5.75 Å². The Hall–Kier alpha value is -1.36. The molecule has 0 fully saturated rings. The van der Waals surface area contributed by atoms with Gasteiger partial charge in [-0.15, -0.1) is 0 Å². The van der Waals surface area contributed by atoms with Crippen molar-refractivity contribution in [3.63, 3.8) is 0 Å². The highest BCUT2D eigenvalue weighted by atomic mass is 127. The first-order chi connectivity index (χ1) is 8.78. The second kappa shape index (κ2) is 6.54. The topological polar surface area (TPSA) is 26.3 Å². The van der Waals surface area contributed by atoms with E-state index in [-0.39, 0.29) is 27.2 Å². The van der Waals surface area contributed by atoms with Crippen molar-refractivity contribution in [2.24, 2.45) is 0 Å². The molecule has 2 nitrogen and oxygen atoms in total. The zero-order chi connectivity index (χ0) is 12.8. The van der Waals surface area contributed by atoms with Crippen molar-refractivity contribution in [3.8, 4) is 5.75 Å². The molecule has 3 heteroatoms. The fraction of sp³-hybridized carbons (Fsp3) is 0.133. The van der Waals surface area contributed by atoms with Gasteiger partial charge in [-0.1, -0.05) is 25.1 Å². The molecular formula is C15H14IO2+. The first-order valence-electron chi connectivity index (χ1n) is 5.78. The van der Waals surface area contributed by atoms with E-state index < -0.39 is 0 Å². The van der Waals surface area contributed by atoms with Gasteiger partial charge in [0.05, 0.1) is 0 Å². The van der Waals surface area contributed by atoms with Crippen LogP contribution in [0, 0.1) is 7.14 Å². The summed E-state index contributed by atoms with van der Waals surface area (Å²) in [6.07, 6.45) is 0.401. The Balaban J connectivity index is 2.02. The quantitative estimate of drug-likeness (QED) is 0.444. The number of carbonyl (C=O) groups is 1. The van der Waals surface area contributed by atoms with E-state index in [9.17, 15) is 4.79 Å². The molecule has 0 atom stereocenters. The van der Waals surface area contributed by atoms with Gasteiger partial charge in [0.25, 0.3) is 0 Å². The molecule has 92 valence electrons. The standard InChI is InChI=1S/C15H14IO2/c1-2-15(17)18-14-10-8-13(9-11-14)16-12-6-4-3-5-7-12/h3-11H,2H2,1H3/q+1. The lowest BCUT2D eigenvalue weighted by atomic mass is 10.3. The highest BCUT2D eigenvalue weighted by Crippen LogP contribution is 2.09. The van der Waals surface area contributed by atoms with E-state index >= 15 is 0 Å². The van der Waals surface area contributed by atoms with E-state index in [1.165, 1.54) is 7.14 Å². The van der Waals surface area contributed by atoms with Crippen LogP contribution in [0.3, 0.4) is 0 Å². The van der Waals surface area contributed by atoms with Gasteiger partial charge in [-0.3, -0.25) is 4.79 Å². The summed E-state index contributed by atoms with van der Waals surface area (Å²) in [5.41, 5.74) is 0. The number of hydrogen-bond acceptors (Lipinski definition) is 2. The van der Waals surface area contributed by atoms with E-state index in [1.54, 1.807) is 6.92 Å². The summed E-state index contributed by atoms with van der Waals surface area (Å²) < 4.78 is 7.84. The maximum atomic E-state index is 11.1. The Morgan fingerprint density at radius 3 is 2.22 bits per heavy atom. The molecule has 18 heavy (non-hydrogen) atoms. The summed E-state index contributed by atoms with van der Waals surface area (Å²) in [5.74, 6) is 0.433. The van der Waals surface area contributed by atoms with Gasteiger partial charge in [0.1, 0.15) is 5.75 Å². The van der Waals surface area contributed by atoms with Gasteiger partial charge in [-0.2, -0.15) is 0 Å². The van der Waals surface area contributed by atoms with Crippen molar-refractivity contribution in [3.05, 3.63) is 61.7 Å². The normalized spacial score (nSPS) is 10.1. The monoisotopic (exact) mass is 353 g/mol. The van der Waals surface area contributed by atoms with Crippen LogP contribution < -0.4 is 25.9 Å². The lowest BCUT2D eigenvalue weighted by Crippen LogP contribution is -3.61. The summed E-state index contributed by atoms with van der Waals surface area (Å²) in [6.45, 7) is 1.79. The zero-order valence-corrected chi connectivity index (χ0v) is 12.3. The first kappa shape index (κ1) is 13.1. The average molecular weight is 353 g/mol. The fourth-order valence-corrected chi connectivity index (χ4v) is 3.59. The molecule has 2 aromatic rings. The molecule has 0 aromatic heterocycles. The molecule has 0 saturated heterocycles. The molecule has 0 saturated carbocycles. The predicted octanol–water partition coefficient (Wildman–Crippen LogP) is 0.130. The van der Waals surface area contributed by atoms with Gasteiger partial charge >= 0.3 is 27.2 Å². The Bertz CT molecular complexity index is 506. The molecule has 0 aliphatic heterocycles. The molecule has 0 bridgehead atoms. The van der Waals surface area contributed by atoms with Crippen LogP contribution in [0.1, 0.15) is 13.3 Å². The van der Waals surface area contributed by atoms with E-state index in [4.69, 9.17) is 4.74 Å². The SMILES string of the molecule is CCC(=O)Oc1ccc([I+]c2ccccc2)cc1. The van der Waals surface area contributed by atoms with Gasteiger partial charge in [0, 0.05) is 6.42 Å². The number of rotatable bonds is 4. The third-order valence-corrected chi connectivity index (χ3v) is 4.97. The average Bonchev–Trinajstić information content (AvgIpc) is 2.42. The number of benzene rings is 2. The van der Waals surface area contributed by atoms with Crippen molar-refractivity contribution < 1.29 is 30.7 Å². The van der Waals surface area contributed by atoms with Crippen LogP contribution in [0.25, 0.3) is 0 Å². The lowest BCUT2D eigenvalue weighted by Gasteiger charge is -2.00. The first-order valence-corrected chi connectivity index (χ1v) is 7.94. The van der Waals surface area contributed by atoms with Crippen LogP contribution in [0.2, 0.25) is 0 Å². The Kier molecular flexibility index (Phi) is 4.75.